The van der Waals surface area contributed by atoms with Crippen molar-refractivity contribution in [3.8, 4) is 16.9 Å². The minimum absolute atomic E-state index is 0.0307. The maximum Gasteiger partial charge on any atom is 0.226 e. The van der Waals surface area contributed by atoms with E-state index < -0.39 is 0 Å². The molecule has 1 saturated heterocycles. The Morgan fingerprint density at radius 2 is 2.17 bits per heavy atom. The number of ether oxygens (including phenoxy) is 1. The lowest BCUT2D eigenvalue weighted by molar-refractivity contribution is -0.135. The van der Waals surface area contributed by atoms with Crippen molar-refractivity contribution in [2.75, 3.05) is 13.2 Å². The third-order valence-electron chi connectivity index (χ3n) is 5.52. The summed E-state index contributed by atoms with van der Waals surface area (Å²) in [5.41, 5.74) is 4.11. The molecule has 156 valence electrons. The van der Waals surface area contributed by atoms with Crippen LogP contribution in [0.2, 0.25) is 0 Å². The van der Waals surface area contributed by atoms with Crippen LogP contribution < -0.4 is 4.74 Å². The molecule has 1 amide bonds. The summed E-state index contributed by atoms with van der Waals surface area (Å²) in [4.78, 5) is 19.1. The summed E-state index contributed by atoms with van der Waals surface area (Å²) < 4.78 is 18.9. The summed E-state index contributed by atoms with van der Waals surface area (Å²) >= 11 is 0. The minimum atomic E-state index is -0.354. The van der Waals surface area contributed by atoms with Crippen molar-refractivity contribution in [2.45, 2.75) is 38.6 Å². The smallest absolute Gasteiger partial charge is 0.226 e. The molecule has 3 aromatic rings. The number of nitrogens with one attached hydrogen (secondary N) is 1. The van der Waals surface area contributed by atoms with E-state index in [1.165, 1.54) is 12.1 Å². The molecule has 1 fully saturated rings. The lowest BCUT2D eigenvalue weighted by Gasteiger charge is -2.36. The van der Waals surface area contributed by atoms with Crippen molar-refractivity contribution in [3.63, 3.8) is 0 Å². The highest BCUT2D eigenvalue weighted by Gasteiger charge is 2.31. The molecule has 2 aromatic heterocycles. The number of carbonyl (C=O) groups excluding carboxylic acids is 1. The Kier molecular flexibility index (Phi) is 6.07. The zero-order valence-electron chi connectivity index (χ0n) is 17.0. The van der Waals surface area contributed by atoms with Crippen molar-refractivity contribution in [1.29, 1.82) is 0 Å². The highest BCUT2D eigenvalue weighted by Crippen LogP contribution is 2.36. The summed E-state index contributed by atoms with van der Waals surface area (Å²) in [6.45, 7) is 2.94. The first-order valence-electron chi connectivity index (χ1n) is 10.3. The first-order valence-corrected chi connectivity index (χ1v) is 10.3. The van der Waals surface area contributed by atoms with Gasteiger partial charge in [0.05, 0.1) is 31.0 Å². The second-order valence-electron chi connectivity index (χ2n) is 7.54. The lowest BCUT2D eigenvalue weighted by atomic mass is 9.93. The Bertz CT molecular complexity index is 1020. The number of amides is 1. The maximum atomic E-state index is 13.3. The van der Waals surface area contributed by atoms with Gasteiger partial charge in [0.25, 0.3) is 0 Å². The zero-order valence-corrected chi connectivity index (χ0v) is 17.0. The van der Waals surface area contributed by atoms with Gasteiger partial charge in [-0.05, 0) is 55.5 Å². The summed E-state index contributed by atoms with van der Waals surface area (Å²) in [6.07, 6.45) is 8.58. The number of likely N-dealkylation sites (tertiary alicyclic amines) is 1. The topological polar surface area (TPSA) is 71.1 Å². The standard InChI is InChI=1S/C23H25FN4O2/c1-16-14-25-10-8-19(16)20-15-26-27-23(20)21-7-2-3-11-28(21)22(29)9-12-30-18-6-4-5-17(24)13-18/h4-6,8,10,13-15,21H,2-3,7,9,11-12H2,1H3,(H,26,27)/t21-/m0/s1. The highest BCUT2D eigenvalue weighted by molar-refractivity contribution is 5.78. The van der Waals surface area contributed by atoms with E-state index in [0.29, 0.717) is 12.3 Å². The van der Waals surface area contributed by atoms with Gasteiger partial charge in [-0.25, -0.2) is 4.39 Å². The molecular weight excluding hydrogens is 383 g/mol. The Morgan fingerprint density at radius 3 is 3.00 bits per heavy atom. The van der Waals surface area contributed by atoms with Gasteiger partial charge < -0.3 is 9.64 Å². The predicted octanol–water partition coefficient (Wildman–Crippen LogP) is 4.44. The molecule has 6 nitrogen and oxygen atoms in total. The van der Waals surface area contributed by atoms with E-state index in [-0.39, 0.29) is 30.8 Å². The van der Waals surface area contributed by atoms with E-state index in [4.69, 9.17) is 4.74 Å². The molecule has 0 aliphatic carbocycles. The van der Waals surface area contributed by atoms with Gasteiger partial charge in [-0.3, -0.25) is 14.9 Å². The van der Waals surface area contributed by atoms with Crippen molar-refractivity contribution in [2.24, 2.45) is 0 Å². The van der Waals surface area contributed by atoms with E-state index in [1.807, 2.05) is 30.3 Å². The summed E-state index contributed by atoms with van der Waals surface area (Å²) in [7, 11) is 0. The van der Waals surface area contributed by atoms with Crippen LogP contribution in [0, 0.1) is 12.7 Å². The number of benzene rings is 1. The van der Waals surface area contributed by atoms with E-state index in [9.17, 15) is 9.18 Å². The molecule has 3 heterocycles. The van der Waals surface area contributed by atoms with Crippen LogP contribution in [0.1, 0.15) is 43.0 Å². The Hall–Kier alpha value is -3.22. The number of rotatable bonds is 6. The number of H-pyrrole nitrogens is 1. The molecule has 7 heteroatoms. The van der Waals surface area contributed by atoms with E-state index in [0.717, 1.165) is 41.6 Å². The van der Waals surface area contributed by atoms with Gasteiger partial charge >= 0.3 is 0 Å². The van der Waals surface area contributed by atoms with Crippen LogP contribution in [0.15, 0.2) is 48.9 Å². The second kappa shape index (κ2) is 9.07. The molecule has 4 rings (SSSR count). The number of aromatic nitrogens is 3. The van der Waals surface area contributed by atoms with E-state index in [2.05, 4.69) is 15.2 Å². The third kappa shape index (κ3) is 4.35. The summed E-state index contributed by atoms with van der Waals surface area (Å²) in [6, 6.07) is 7.89. The average Bonchev–Trinajstić information content (AvgIpc) is 3.23. The normalized spacial score (nSPS) is 16.5. The van der Waals surface area contributed by atoms with Gasteiger partial charge in [-0.2, -0.15) is 5.10 Å². The largest absolute Gasteiger partial charge is 0.493 e. The molecule has 1 aliphatic rings. The predicted molar refractivity (Wildman–Crippen MR) is 111 cm³/mol. The molecule has 0 saturated carbocycles. The minimum Gasteiger partial charge on any atom is -0.493 e. The van der Waals surface area contributed by atoms with Crippen molar-refractivity contribution >= 4 is 5.91 Å². The number of nitrogens with zero attached hydrogens (tertiary/aromatic N) is 3. The molecule has 0 spiro atoms. The Morgan fingerprint density at radius 1 is 1.27 bits per heavy atom. The fourth-order valence-electron chi connectivity index (χ4n) is 4.03. The van der Waals surface area contributed by atoms with Gasteiger partial charge in [0, 0.05) is 30.6 Å². The van der Waals surface area contributed by atoms with Gasteiger partial charge in [-0.15, -0.1) is 0 Å². The maximum absolute atomic E-state index is 13.3. The van der Waals surface area contributed by atoms with Crippen molar-refractivity contribution < 1.29 is 13.9 Å². The fourth-order valence-corrected chi connectivity index (χ4v) is 4.03. The van der Waals surface area contributed by atoms with Crippen molar-refractivity contribution in [1.82, 2.24) is 20.1 Å². The molecule has 0 bridgehead atoms. The molecule has 30 heavy (non-hydrogen) atoms. The molecule has 0 unspecified atom stereocenters. The van der Waals surface area contributed by atoms with Gasteiger partial charge in [0.15, 0.2) is 0 Å². The van der Waals surface area contributed by atoms with E-state index in [1.54, 1.807) is 18.3 Å². The number of aromatic amines is 1. The van der Waals surface area contributed by atoms with Crippen molar-refractivity contribution in [3.05, 3.63) is 66.0 Å². The van der Waals surface area contributed by atoms with Crippen LogP contribution in [-0.4, -0.2) is 39.1 Å². The van der Waals surface area contributed by atoms with E-state index >= 15 is 0 Å². The number of halogens is 1. The molecule has 1 N–H and O–H groups in total. The van der Waals surface area contributed by atoms with Crippen LogP contribution in [0.3, 0.4) is 0 Å². The fraction of sp³-hybridized carbons (Fsp3) is 0.348. The molecule has 0 radical (unpaired) electrons. The quantitative estimate of drug-likeness (QED) is 0.654. The molecule has 1 atom stereocenters. The number of carbonyl (C=O) groups is 1. The zero-order chi connectivity index (χ0) is 20.9. The molecular formula is C23H25FN4O2. The Labute approximate surface area is 175 Å². The Balaban J connectivity index is 1.48. The first-order chi connectivity index (χ1) is 14.6. The van der Waals surface area contributed by atoms with Gasteiger partial charge in [0.2, 0.25) is 5.91 Å². The van der Waals surface area contributed by atoms with Gasteiger partial charge in [-0.1, -0.05) is 6.07 Å². The lowest BCUT2D eigenvalue weighted by Crippen LogP contribution is -2.39. The SMILES string of the molecule is Cc1cnccc1-c1cn[nH]c1[C@@H]1CCCCN1C(=O)CCOc1cccc(F)c1. The number of pyridine rings is 1. The summed E-state index contributed by atoms with van der Waals surface area (Å²) in [5.74, 6) is 0.109. The van der Waals surface area contributed by atoms with Crippen LogP contribution in [-0.2, 0) is 4.79 Å². The second-order valence-corrected chi connectivity index (χ2v) is 7.54. The monoisotopic (exact) mass is 408 g/mol. The van der Waals surface area contributed by atoms with Crippen LogP contribution in [0.25, 0.3) is 11.1 Å². The molecule has 1 aromatic carbocycles. The number of aryl methyl sites for hydroxylation is 1. The van der Waals surface area contributed by atoms with Crippen LogP contribution >= 0.6 is 0 Å². The first kappa shape index (κ1) is 20.1. The number of hydrogen-bond donors (Lipinski definition) is 1. The summed E-state index contributed by atoms with van der Waals surface area (Å²) in [5, 5.41) is 7.41. The molecule has 1 aliphatic heterocycles. The third-order valence-corrected chi connectivity index (χ3v) is 5.52. The van der Waals surface area contributed by atoms with Gasteiger partial charge in [0.1, 0.15) is 11.6 Å². The number of hydrogen-bond acceptors (Lipinski definition) is 4. The number of piperidine rings is 1. The van der Waals surface area contributed by atoms with Crippen LogP contribution in [0.4, 0.5) is 4.39 Å². The highest BCUT2D eigenvalue weighted by atomic mass is 19.1. The van der Waals surface area contributed by atoms with Crippen LogP contribution in [0.5, 0.6) is 5.75 Å². The average molecular weight is 408 g/mol.